The highest BCUT2D eigenvalue weighted by Gasteiger charge is 2.20. The van der Waals surface area contributed by atoms with Gasteiger partial charge in [0.25, 0.3) is 5.91 Å². The van der Waals surface area contributed by atoms with Crippen LogP contribution >= 0.6 is 0 Å². The number of nitrogens with zero attached hydrogens (tertiary/aromatic N) is 2. The van der Waals surface area contributed by atoms with Crippen molar-refractivity contribution >= 4 is 23.0 Å². The maximum Gasteiger partial charge on any atom is 0.276 e. The number of ketones is 1. The molecule has 6 nitrogen and oxygen atoms in total. The lowest BCUT2D eigenvalue weighted by Crippen LogP contribution is -2.14. The molecular formula is C23H19N3O3. The van der Waals surface area contributed by atoms with Crippen molar-refractivity contribution in [3.63, 3.8) is 0 Å². The predicted molar refractivity (Wildman–Crippen MR) is 112 cm³/mol. The van der Waals surface area contributed by atoms with Crippen LogP contribution in [0.25, 0.3) is 16.9 Å². The number of imidazole rings is 1. The third-order valence-electron chi connectivity index (χ3n) is 4.66. The van der Waals surface area contributed by atoms with Crippen molar-refractivity contribution < 1.29 is 14.3 Å². The van der Waals surface area contributed by atoms with Gasteiger partial charge in [-0.25, -0.2) is 4.98 Å². The molecule has 0 aliphatic heterocycles. The number of carbonyl (C=O) groups is 2. The molecule has 0 saturated heterocycles. The van der Waals surface area contributed by atoms with Gasteiger partial charge in [-0.2, -0.15) is 0 Å². The minimum Gasteiger partial charge on any atom is -0.497 e. The predicted octanol–water partition coefficient (Wildman–Crippen LogP) is 4.46. The number of pyridine rings is 1. The lowest BCUT2D eigenvalue weighted by molar-refractivity contribution is 0.101. The van der Waals surface area contributed by atoms with Crippen LogP contribution in [0.3, 0.4) is 0 Å². The first-order valence-electron chi connectivity index (χ1n) is 9.10. The molecule has 1 N–H and O–H groups in total. The molecular weight excluding hydrogens is 366 g/mol. The SMILES string of the molecule is COc1ccc(-c2c(C(=O)Nc3ccc(C(C)=O)cc3)nc3ccccn23)cc1. The van der Waals surface area contributed by atoms with E-state index < -0.39 is 0 Å². The fraction of sp³-hybridized carbons (Fsp3) is 0.0870. The largest absolute Gasteiger partial charge is 0.497 e. The normalized spacial score (nSPS) is 10.7. The molecule has 4 rings (SSSR count). The molecule has 29 heavy (non-hydrogen) atoms. The van der Waals surface area contributed by atoms with Gasteiger partial charge in [0, 0.05) is 23.0 Å². The number of carbonyl (C=O) groups excluding carboxylic acids is 2. The third-order valence-corrected chi connectivity index (χ3v) is 4.66. The van der Waals surface area contributed by atoms with Gasteiger partial charge in [0.1, 0.15) is 11.4 Å². The molecule has 0 unspecified atom stereocenters. The number of hydrogen-bond acceptors (Lipinski definition) is 4. The summed E-state index contributed by atoms with van der Waals surface area (Å²) >= 11 is 0. The molecule has 0 saturated carbocycles. The van der Waals surface area contributed by atoms with Gasteiger partial charge in [-0.3, -0.25) is 14.0 Å². The Balaban J connectivity index is 1.74. The van der Waals surface area contributed by atoms with Crippen molar-refractivity contribution in [2.45, 2.75) is 6.92 Å². The van der Waals surface area contributed by atoms with Gasteiger partial charge in [0.2, 0.25) is 0 Å². The number of aromatic nitrogens is 2. The van der Waals surface area contributed by atoms with Crippen LogP contribution in [0.5, 0.6) is 5.75 Å². The topological polar surface area (TPSA) is 72.7 Å². The average Bonchev–Trinajstić information content (AvgIpc) is 3.14. The van der Waals surface area contributed by atoms with Crippen molar-refractivity contribution in [2.24, 2.45) is 0 Å². The zero-order chi connectivity index (χ0) is 20.4. The van der Waals surface area contributed by atoms with E-state index in [1.807, 2.05) is 53.1 Å². The van der Waals surface area contributed by atoms with Crippen molar-refractivity contribution in [2.75, 3.05) is 12.4 Å². The first kappa shape index (κ1) is 18.4. The van der Waals surface area contributed by atoms with Gasteiger partial charge in [-0.1, -0.05) is 6.07 Å². The van der Waals surface area contributed by atoms with Crippen LogP contribution in [0.4, 0.5) is 5.69 Å². The molecule has 2 aromatic carbocycles. The molecule has 144 valence electrons. The van der Waals surface area contributed by atoms with E-state index in [-0.39, 0.29) is 11.7 Å². The fourth-order valence-corrected chi connectivity index (χ4v) is 3.16. The number of methoxy groups -OCH3 is 1. The Labute approximate surface area is 167 Å². The molecule has 1 amide bonds. The molecule has 2 heterocycles. The standard InChI is InChI=1S/C23H19N3O3/c1-15(27)16-6-10-18(11-7-16)24-23(28)21-22(17-8-12-19(29-2)13-9-17)26-14-4-3-5-20(26)25-21/h3-14H,1-2H3,(H,24,28). The van der Waals surface area contributed by atoms with Gasteiger partial charge in [0.05, 0.1) is 12.8 Å². The summed E-state index contributed by atoms with van der Waals surface area (Å²) < 4.78 is 7.12. The van der Waals surface area contributed by atoms with Gasteiger partial charge in [0.15, 0.2) is 11.5 Å². The Morgan fingerprint density at radius 2 is 1.69 bits per heavy atom. The zero-order valence-corrected chi connectivity index (χ0v) is 16.0. The molecule has 0 aliphatic carbocycles. The summed E-state index contributed by atoms with van der Waals surface area (Å²) in [4.78, 5) is 29.0. The van der Waals surface area contributed by atoms with Crippen LogP contribution in [-0.2, 0) is 0 Å². The number of hydrogen-bond donors (Lipinski definition) is 1. The van der Waals surface area contributed by atoms with Gasteiger partial charge in [-0.05, 0) is 67.6 Å². The van der Waals surface area contributed by atoms with E-state index in [1.54, 1.807) is 31.4 Å². The number of fused-ring (bicyclic) bond motifs is 1. The smallest absolute Gasteiger partial charge is 0.276 e. The minimum absolute atomic E-state index is 0.0231. The lowest BCUT2D eigenvalue weighted by Gasteiger charge is -2.08. The van der Waals surface area contributed by atoms with E-state index in [1.165, 1.54) is 6.92 Å². The van der Waals surface area contributed by atoms with Crippen LogP contribution in [0.1, 0.15) is 27.8 Å². The molecule has 0 spiro atoms. The number of benzene rings is 2. The maximum absolute atomic E-state index is 13.0. The van der Waals surface area contributed by atoms with Crippen LogP contribution in [0, 0.1) is 0 Å². The summed E-state index contributed by atoms with van der Waals surface area (Å²) in [6, 6.07) is 19.9. The molecule has 4 aromatic rings. The lowest BCUT2D eigenvalue weighted by atomic mass is 10.1. The summed E-state index contributed by atoms with van der Waals surface area (Å²) in [5, 5.41) is 2.87. The molecule has 0 fully saturated rings. The van der Waals surface area contributed by atoms with E-state index in [0.717, 1.165) is 11.3 Å². The Bertz CT molecular complexity index is 1190. The molecule has 0 aliphatic rings. The Hall–Kier alpha value is -3.93. The summed E-state index contributed by atoms with van der Waals surface area (Å²) in [6.07, 6.45) is 1.88. The van der Waals surface area contributed by atoms with Crippen molar-refractivity contribution in [1.29, 1.82) is 0 Å². The Morgan fingerprint density at radius 3 is 2.34 bits per heavy atom. The number of ether oxygens (including phenoxy) is 1. The van der Waals surface area contributed by atoms with E-state index in [4.69, 9.17) is 4.74 Å². The summed E-state index contributed by atoms with van der Waals surface area (Å²) in [7, 11) is 1.61. The van der Waals surface area contributed by atoms with Crippen LogP contribution in [0.2, 0.25) is 0 Å². The minimum atomic E-state index is -0.324. The second-order valence-electron chi connectivity index (χ2n) is 6.55. The van der Waals surface area contributed by atoms with Crippen molar-refractivity contribution in [3.8, 4) is 17.0 Å². The van der Waals surface area contributed by atoms with Crippen LogP contribution in [0.15, 0.2) is 72.9 Å². The average molecular weight is 385 g/mol. The third kappa shape index (κ3) is 3.60. The second kappa shape index (κ2) is 7.59. The van der Waals surface area contributed by atoms with Crippen molar-refractivity contribution in [1.82, 2.24) is 9.38 Å². The van der Waals surface area contributed by atoms with Gasteiger partial charge >= 0.3 is 0 Å². The van der Waals surface area contributed by atoms with E-state index in [0.29, 0.717) is 28.3 Å². The van der Waals surface area contributed by atoms with E-state index in [2.05, 4.69) is 10.3 Å². The molecule has 0 bridgehead atoms. The van der Waals surface area contributed by atoms with E-state index in [9.17, 15) is 9.59 Å². The second-order valence-corrected chi connectivity index (χ2v) is 6.55. The summed E-state index contributed by atoms with van der Waals surface area (Å²) in [5.74, 6) is 0.388. The highest BCUT2D eigenvalue weighted by molar-refractivity contribution is 6.07. The number of anilines is 1. The van der Waals surface area contributed by atoms with E-state index >= 15 is 0 Å². The van der Waals surface area contributed by atoms with Gasteiger partial charge in [-0.15, -0.1) is 0 Å². The molecule has 2 aromatic heterocycles. The Kier molecular flexibility index (Phi) is 4.83. The van der Waals surface area contributed by atoms with Crippen LogP contribution in [-0.4, -0.2) is 28.2 Å². The van der Waals surface area contributed by atoms with Crippen LogP contribution < -0.4 is 10.1 Å². The maximum atomic E-state index is 13.0. The highest BCUT2D eigenvalue weighted by Crippen LogP contribution is 2.28. The highest BCUT2D eigenvalue weighted by atomic mass is 16.5. The molecule has 0 atom stereocenters. The monoisotopic (exact) mass is 385 g/mol. The zero-order valence-electron chi connectivity index (χ0n) is 16.0. The Morgan fingerprint density at radius 1 is 0.966 bits per heavy atom. The number of Topliss-reactive ketones (excluding diaryl/α,β-unsaturated/α-hetero) is 1. The fourth-order valence-electron chi connectivity index (χ4n) is 3.16. The quantitative estimate of drug-likeness (QED) is 0.515. The first-order valence-corrected chi connectivity index (χ1v) is 9.10. The van der Waals surface area contributed by atoms with Gasteiger partial charge < -0.3 is 10.1 Å². The first-order chi connectivity index (χ1) is 14.1. The molecule has 6 heteroatoms. The number of nitrogens with one attached hydrogen (secondary N) is 1. The summed E-state index contributed by atoms with van der Waals surface area (Å²) in [5.41, 5.74) is 3.72. The number of rotatable bonds is 5. The number of amides is 1. The summed E-state index contributed by atoms with van der Waals surface area (Å²) in [6.45, 7) is 1.51. The van der Waals surface area contributed by atoms with Crippen molar-refractivity contribution in [3.05, 3.63) is 84.2 Å². The molecule has 0 radical (unpaired) electrons.